The number of esters is 1. The first-order valence-electron chi connectivity index (χ1n) is 11.7. The first-order valence-corrected chi connectivity index (χ1v) is 11.7. The Morgan fingerprint density at radius 3 is 2.56 bits per heavy atom. The van der Waals surface area contributed by atoms with Gasteiger partial charge in [-0.1, -0.05) is 30.3 Å². The molecule has 0 bridgehead atoms. The van der Waals surface area contributed by atoms with E-state index in [1.807, 2.05) is 6.07 Å². The van der Waals surface area contributed by atoms with E-state index in [1.165, 1.54) is 30.8 Å². The molecule has 2 aromatic carbocycles. The topological polar surface area (TPSA) is 43.7 Å². The van der Waals surface area contributed by atoms with Crippen LogP contribution in [-0.4, -0.2) is 35.6 Å². The summed E-state index contributed by atoms with van der Waals surface area (Å²) in [5.74, 6) is 1.67. The number of carbonyl (C=O) groups is 1. The Balaban J connectivity index is 1.26. The van der Waals surface area contributed by atoms with Crippen LogP contribution in [-0.2, 0) is 22.6 Å². The van der Waals surface area contributed by atoms with Gasteiger partial charge in [-0.25, -0.2) is 0 Å². The summed E-state index contributed by atoms with van der Waals surface area (Å²) in [6.45, 7) is 5.74. The van der Waals surface area contributed by atoms with Gasteiger partial charge in [-0.15, -0.1) is 0 Å². The second kappa shape index (κ2) is 8.99. The SMILES string of the molecule is COc1ccc2c(c1)cc1n2CC(CC2CCN(Cc3ccccc3)CC2)C1OC(C)=O. The summed E-state index contributed by atoms with van der Waals surface area (Å²) in [5.41, 5.74) is 3.70. The van der Waals surface area contributed by atoms with Crippen LogP contribution in [0.15, 0.2) is 54.6 Å². The smallest absolute Gasteiger partial charge is 0.303 e. The third kappa shape index (κ3) is 4.26. The first kappa shape index (κ1) is 21.1. The minimum absolute atomic E-state index is 0.159. The van der Waals surface area contributed by atoms with E-state index in [2.05, 4.69) is 58.0 Å². The molecule has 1 aromatic heterocycles. The largest absolute Gasteiger partial charge is 0.497 e. The van der Waals surface area contributed by atoms with Gasteiger partial charge in [-0.05, 0) is 68.1 Å². The van der Waals surface area contributed by atoms with Crippen molar-refractivity contribution >= 4 is 16.9 Å². The number of rotatable bonds is 6. The first-order chi connectivity index (χ1) is 15.6. The van der Waals surface area contributed by atoms with Gasteiger partial charge in [0.1, 0.15) is 11.9 Å². The zero-order valence-corrected chi connectivity index (χ0v) is 19.0. The van der Waals surface area contributed by atoms with Crippen LogP contribution in [0.5, 0.6) is 5.75 Å². The van der Waals surface area contributed by atoms with Crippen molar-refractivity contribution in [1.29, 1.82) is 0 Å². The van der Waals surface area contributed by atoms with Gasteiger partial charge in [-0.3, -0.25) is 9.69 Å². The Morgan fingerprint density at radius 2 is 1.84 bits per heavy atom. The molecule has 0 amide bonds. The highest BCUT2D eigenvalue weighted by molar-refractivity contribution is 5.83. The lowest BCUT2D eigenvalue weighted by Gasteiger charge is -2.33. The molecule has 2 aliphatic heterocycles. The van der Waals surface area contributed by atoms with Crippen LogP contribution in [0.2, 0.25) is 0 Å². The van der Waals surface area contributed by atoms with Crippen molar-refractivity contribution in [2.75, 3.05) is 20.2 Å². The van der Waals surface area contributed by atoms with Crippen molar-refractivity contribution in [3.05, 3.63) is 65.9 Å². The number of fused-ring (bicyclic) bond motifs is 3. The van der Waals surface area contributed by atoms with Gasteiger partial charge in [0.15, 0.2) is 0 Å². The predicted molar refractivity (Wildman–Crippen MR) is 126 cm³/mol. The maximum absolute atomic E-state index is 11.9. The van der Waals surface area contributed by atoms with Gasteiger partial charge >= 0.3 is 5.97 Å². The lowest BCUT2D eigenvalue weighted by atomic mass is 9.85. The number of piperidine rings is 1. The molecule has 1 fully saturated rings. The van der Waals surface area contributed by atoms with E-state index in [-0.39, 0.29) is 12.1 Å². The van der Waals surface area contributed by atoms with Gasteiger partial charge < -0.3 is 14.0 Å². The lowest BCUT2D eigenvalue weighted by molar-refractivity contribution is -0.149. The van der Waals surface area contributed by atoms with Gasteiger partial charge in [0.25, 0.3) is 0 Å². The molecule has 1 saturated heterocycles. The van der Waals surface area contributed by atoms with Crippen LogP contribution in [0.1, 0.15) is 43.5 Å². The summed E-state index contributed by atoms with van der Waals surface area (Å²) in [6, 6.07) is 19.1. The number of hydrogen-bond donors (Lipinski definition) is 0. The van der Waals surface area contributed by atoms with Crippen molar-refractivity contribution in [3.63, 3.8) is 0 Å². The monoisotopic (exact) mass is 432 g/mol. The van der Waals surface area contributed by atoms with Crippen LogP contribution in [0.3, 0.4) is 0 Å². The molecule has 2 unspecified atom stereocenters. The summed E-state index contributed by atoms with van der Waals surface area (Å²) in [6.07, 6.45) is 3.37. The molecule has 168 valence electrons. The minimum atomic E-state index is -0.200. The highest BCUT2D eigenvalue weighted by Gasteiger charge is 2.38. The number of methoxy groups -OCH3 is 1. The van der Waals surface area contributed by atoms with E-state index in [9.17, 15) is 4.79 Å². The minimum Gasteiger partial charge on any atom is -0.497 e. The second-order valence-electron chi connectivity index (χ2n) is 9.34. The molecule has 0 radical (unpaired) electrons. The van der Waals surface area contributed by atoms with Crippen LogP contribution >= 0.6 is 0 Å². The highest BCUT2D eigenvalue weighted by atomic mass is 16.5. The zero-order valence-electron chi connectivity index (χ0n) is 19.0. The summed E-state index contributed by atoms with van der Waals surface area (Å²) in [5, 5.41) is 1.14. The Kier molecular flexibility index (Phi) is 5.92. The third-order valence-corrected chi connectivity index (χ3v) is 7.16. The van der Waals surface area contributed by atoms with Crippen molar-refractivity contribution in [2.45, 2.75) is 45.4 Å². The number of nitrogens with zero attached hydrogens (tertiary/aromatic N) is 2. The normalized spacial score (nSPS) is 21.6. The fourth-order valence-corrected chi connectivity index (χ4v) is 5.59. The van der Waals surface area contributed by atoms with Gasteiger partial charge in [0.05, 0.1) is 12.8 Å². The van der Waals surface area contributed by atoms with Crippen LogP contribution in [0, 0.1) is 11.8 Å². The summed E-state index contributed by atoms with van der Waals surface area (Å²) in [7, 11) is 1.69. The van der Waals surface area contributed by atoms with Gasteiger partial charge in [0, 0.05) is 36.8 Å². The third-order valence-electron chi connectivity index (χ3n) is 7.16. The summed E-state index contributed by atoms with van der Waals surface area (Å²) >= 11 is 0. The number of carbonyl (C=O) groups excluding carboxylic acids is 1. The fraction of sp³-hybridized carbons (Fsp3) is 0.444. The quantitative estimate of drug-likeness (QED) is 0.503. The second-order valence-corrected chi connectivity index (χ2v) is 9.34. The zero-order chi connectivity index (χ0) is 22.1. The molecule has 5 nitrogen and oxygen atoms in total. The predicted octanol–water partition coefficient (Wildman–Crippen LogP) is 5.19. The van der Waals surface area contributed by atoms with E-state index >= 15 is 0 Å². The molecular formula is C27H32N2O3. The molecule has 5 rings (SSSR count). The standard InChI is InChI=1S/C27H32N2O3/c1-19(30)32-27-23(18-29-25-9-8-24(31-2)15-22(25)16-26(27)29)14-20-10-12-28(13-11-20)17-21-6-4-3-5-7-21/h3-9,15-16,20,23,27H,10-14,17-18H2,1-2H3. The van der Waals surface area contributed by atoms with Crippen molar-refractivity contribution in [2.24, 2.45) is 11.8 Å². The molecule has 0 aliphatic carbocycles. The van der Waals surface area contributed by atoms with Crippen LogP contribution < -0.4 is 4.74 Å². The van der Waals surface area contributed by atoms with Crippen LogP contribution in [0.4, 0.5) is 0 Å². The van der Waals surface area contributed by atoms with Gasteiger partial charge in [0.2, 0.25) is 0 Å². The van der Waals surface area contributed by atoms with E-state index < -0.39 is 0 Å². The number of likely N-dealkylation sites (tertiary alicyclic amines) is 1. The molecule has 2 aliphatic rings. The van der Waals surface area contributed by atoms with E-state index in [0.717, 1.165) is 49.4 Å². The molecule has 3 aromatic rings. The Labute approximate surface area is 189 Å². The van der Waals surface area contributed by atoms with E-state index in [0.29, 0.717) is 11.8 Å². The van der Waals surface area contributed by atoms with Crippen molar-refractivity contribution in [1.82, 2.24) is 9.47 Å². The molecular weight excluding hydrogens is 400 g/mol. The van der Waals surface area contributed by atoms with E-state index in [4.69, 9.17) is 9.47 Å². The number of benzene rings is 2. The Hall–Kier alpha value is -2.79. The Morgan fingerprint density at radius 1 is 1.06 bits per heavy atom. The molecule has 2 atom stereocenters. The van der Waals surface area contributed by atoms with Crippen molar-refractivity contribution in [3.8, 4) is 5.75 Å². The number of ether oxygens (including phenoxy) is 2. The maximum Gasteiger partial charge on any atom is 0.303 e. The number of aromatic nitrogens is 1. The average molecular weight is 433 g/mol. The summed E-state index contributed by atoms with van der Waals surface area (Å²) < 4.78 is 13.6. The maximum atomic E-state index is 11.9. The molecule has 0 spiro atoms. The molecule has 0 N–H and O–H groups in total. The number of hydrogen-bond acceptors (Lipinski definition) is 4. The Bertz CT molecular complexity index is 1080. The fourth-order valence-electron chi connectivity index (χ4n) is 5.59. The average Bonchev–Trinajstić information content (AvgIpc) is 3.31. The van der Waals surface area contributed by atoms with Gasteiger partial charge in [-0.2, -0.15) is 0 Å². The van der Waals surface area contributed by atoms with Crippen molar-refractivity contribution < 1.29 is 14.3 Å². The molecule has 32 heavy (non-hydrogen) atoms. The summed E-state index contributed by atoms with van der Waals surface area (Å²) in [4.78, 5) is 14.5. The molecule has 5 heteroatoms. The highest BCUT2D eigenvalue weighted by Crippen LogP contribution is 2.43. The molecule has 3 heterocycles. The lowest BCUT2D eigenvalue weighted by Crippen LogP contribution is -2.34. The van der Waals surface area contributed by atoms with E-state index in [1.54, 1.807) is 7.11 Å². The van der Waals surface area contributed by atoms with Crippen LogP contribution in [0.25, 0.3) is 10.9 Å². The molecule has 0 saturated carbocycles.